The van der Waals surface area contributed by atoms with Gasteiger partial charge in [0.2, 0.25) is 5.91 Å². The molecule has 0 aliphatic rings. The van der Waals surface area contributed by atoms with Gasteiger partial charge in [0.25, 0.3) is 5.91 Å². The van der Waals surface area contributed by atoms with Crippen LogP contribution in [0.15, 0.2) is 60.8 Å². The maximum atomic E-state index is 12.5. The first-order valence-corrected chi connectivity index (χ1v) is 8.34. The summed E-state index contributed by atoms with van der Waals surface area (Å²) in [6.45, 7) is 1.92. The molecule has 0 aliphatic carbocycles. The SMILES string of the molecule is CC(=O)Nc1cccc(C(=O)Nc2ccnn2Cc2ccc(Cl)cc2)c1. The van der Waals surface area contributed by atoms with E-state index >= 15 is 0 Å². The topological polar surface area (TPSA) is 76.0 Å². The van der Waals surface area contributed by atoms with Crippen LogP contribution in [0.1, 0.15) is 22.8 Å². The van der Waals surface area contributed by atoms with E-state index in [1.165, 1.54) is 6.92 Å². The predicted molar refractivity (Wildman–Crippen MR) is 101 cm³/mol. The number of halogens is 1. The van der Waals surface area contributed by atoms with E-state index in [1.807, 2.05) is 24.3 Å². The summed E-state index contributed by atoms with van der Waals surface area (Å²) in [6.07, 6.45) is 1.62. The molecule has 26 heavy (non-hydrogen) atoms. The summed E-state index contributed by atoms with van der Waals surface area (Å²) >= 11 is 5.90. The Morgan fingerprint density at radius 3 is 2.58 bits per heavy atom. The Morgan fingerprint density at radius 2 is 1.85 bits per heavy atom. The third-order valence-corrected chi connectivity index (χ3v) is 3.90. The predicted octanol–water partition coefficient (Wildman–Crippen LogP) is 3.80. The van der Waals surface area contributed by atoms with Crippen molar-refractivity contribution >= 4 is 34.9 Å². The quantitative estimate of drug-likeness (QED) is 0.719. The molecular formula is C19H17ClN4O2. The molecule has 1 aromatic heterocycles. The summed E-state index contributed by atoms with van der Waals surface area (Å²) in [6, 6.07) is 15.9. The number of amides is 2. The van der Waals surface area contributed by atoms with Crippen molar-refractivity contribution < 1.29 is 9.59 Å². The van der Waals surface area contributed by atoms with Gasteiger partial charge in [-0.15, -0.1) is 0 Å². The van der Waals surface area contributed by atoms with Crippen LogP contribution in [0.5, 0.6) is 0 Å². The van der Waals surface area contributed by atoms with Crippen LogP contribution in [0.3, 0.4) is 0 Å². The van der Waals surface area contributed by atoms with E-state index in [0.717, 1.165) is 5.56 Å². The molecule has 0 spiro atoms. The van der Waals surface area contributed by atoms with Crippen LogP contribution in [-0.4, -0.2) is 21.6 Å². The Labute approximate surface area is 155 Å². The number of hydrogen-bond donors (Lipinski definition) is 2. The molecule has 2 amide bonds. The number of benzene rings is 2. The van der Waals surface area contributed by atoms with Gasteiger partial charge in [0.1, 0.15) is 5.82 Å². The fourth-order valence-corrected chi connectivity index (χ4v) is 2.58. The number of nitrogens with zero attached hydrogens (tertiary/aromatic N) is 2. The zero-order valence-corrected chi connectivity index (χ0v) is 14.8. The van der Waals surface area contributed by atoms with Gasteiger partial charge in [-0.3, -0.25) is 9.59 Å². The minimum absolute atomic E-state index is 0.191. The van der Waals surface area contributed by atoms with Crippen LogP contribution in [0.4, 0.5) is 11.5 Å². The van der Waals surface area contributed by atoms with Crippen molar-refractivity contribution in [3.8, 4) is 0 Å². The molecule has 0 atom stereocenters. The number of nitrogens with one attached hydrogen (secondary N) is 2. The highest BCUT2D eigenvalue weighted by Gasteiger charge is 2.11. The molecule has 0 aliphatic heterocycles. The van der Waals surface area contributed by atoms with Crippen molar-refractivity contribution in [1.29, 1.82) is 0 Å². The lowest BCUT2D eigenvalue weighted by molar-refractivity contribution is -0.114. The van der Waals surface area contributed by atoms with Crippen molar-refractivity contribution in [3.63, 3.8) is 0 Å². The fourth-order valence-electron chi connectivity index (χ4n) is 2.46. The van der Waals surface area contributed by atoms with Crippen molar-refractivity contribution in [2.75, 3.05) is 10.6 Å². The lowest BCUT2D eigenvalue weighted by Gasteiger charge is -2.10. The van der Waals surface area contributed by atoms with E-state index in [2.05, 4.69) is 15.7 Å². The monoisotopic (exact) mass is 368 g/mol. The highest BCUT2D eigenvalue weighted by molar-refractivity contribution is 6.30. The molecule has 0 saturated heterocycles. The normalized spacial score (nSPS) is 10.4. The number of hydrogen-bond acceptors (Lipinski definition) is 3. The largest absolute Gasteiger partial charge is 0.326 e. The maximum absolute atomic E-state index is 12.5. The van der Waals surface area contributed by atoms with Crippen molar-refractivity contribution in [3.05, 3.63) is 76.9 Å². The molecule has 3 rings (SSSR count). The first-order valence-electron chi connectivity index (χ1n) is 7.96. The Morgan fingerprint density at radius 1 is 1.08 bits per heavy atom. The zero-order chi connectivity index (χ0) is 18.5. The average Bonchev–Trinajstić information content (AvgIpc) is 3.03. The second-order valence-electron chi connectivity index (χ2n) is 5.72. The van der Waals surface area contributed by atoms with Crippen molar-refractivity contribution in [1.82, 2.24) is 9.78 Å². The summed E-state index contributed by atoms with van der Waals surface area (Å²) in [5.74, 6) is 0.105. The van der Waals surface area contributed by atoms with Gasteiger partial charge >= 0.3 is 0 Å². The molecule has 0 unspecified atom stereocenters. The molecule has 2 N–H and O–H groups in total. The van der Waals surface area contributed by atoms with Crippen LogP contribution >= 0.6 is 11.6 Å². The highest BCUT2D eigenvalue weighted by Crippen LogP contribution is 2.16. The number of rotatable bonds is 5. The van der Waals surface area contributed by atoms with Crippen LogP contribution < -0.4 is 10.6 Å². The number of aromatic nitrogens is 2. The first-order chi connectivity index (χ1) is 12.5. The Kier molecular flexibility index (Phi) is 5.34. The van der Waals surface area contributed by atoms with Gasteiger partial charge in [0.05, 0.1) is 12.7 Å². The molecule has 3 aromatic rings. The smallest absolute Gasteiger partial charge is 0.256 e. The molecule has 1 heterocycles. The average molecular weight is 369 g/mol. The van der Waals surface area contributed by atoms with E-state index in [-0.39, 0.29) is 11.8 Å². The minimum atomic E-state index is -0.282. The van der Waals surface area contributed by atoms with E-state index in [4.69, 9.17) is 11.6 Å². The molecular weight excluding hydrogens is 352 g/mol. The van der Waals surface area contributed by atoms with Crippen molar-refractivity contribution in [2.45, 2.75) is 13.5 Å². The van der Waals surface area contributed by atoms with Gasteiger partial charge in [0, 0.05) is 29.3 Å². The summed E-state index contributed by atoms with van der Waals surface area (Å²) in [5, 5.41) is 10.4. The lowest BCUT2D eigenvalue weighted by atomic mass is 10.2. The molecule has 7 heteroatoms. The van der Waals surface area contributed by atoms with E-state index in [1.54, 1.807) is 41.2 Å². The third kappa shape index (κ3) is 4.49. The van der Waals surface area contributed by atoms with E-state index < -0.39 is 0 Å². The molecule has 0 fully saturated rings. The second kappa shape index (κ2) is 7.84. The molecule has 132 valence electrons. The Balaban J connectivity index is 1.73. The second-order valence-corrected chi connectivity index (χ2v) is 6.15. The molecule has 0 bridgehead atoms. The van der Waals surface area contributed by atoms with Gasteiger partial charge in [-0.05, 0) is 35.9 Å². The highest BCUT2D eigenvalue weighted by atomic mass is 35.5. The van der Waals surface area contributed by atoms with Crippen LogP contribution in [0.2, 0.25) is 5.02 Å². The number of carbonyl (C=O) groups excluding carboxylic acids is 2. The fraction of sp³-hybridized carbons (Fsp3) is 0.105. The maximum Gasteiger partial charge on any atom is 0.256 e. The van der Waals surface area contributed by atoms with E-state index in [9.17, 15) is 9.59 Å². The Hall–Kier alpha value is -3.12. The molecule has 2 aromatic carbocycles. The summed E-state index contributed by atoms with van der Waals surface area (Å²) in [4.78, 5) is 23.7. The van der Waals surface area contributed by atoms with Gasteiger partial charge in [-0.1, -0.05) is 29.8 Å². The van der Waals surface area contributed by atoms with E-state index in [0.29, 0.717) is 28.6 Å². The van der Waals surface area contributed by atoms with Gasteiger partial charge < -0.3 is 10.6 Å². The van der Waals surface area contributed by atoms with Gasteiger partial charge in [-0.25, -0.2) is 4.68 Å². The molecule has 0 radical (unpaired) electrons. The number of carbonyl (C=O) groups is 2. The lowest BCUT2D eigenvalue weighted by Crippen LogP contribution is -2.16. The summed E-state index contributed by atoms with van der Waals surface area (Å²) < 4.78 is 1.69. The third-order valence-electron chi connectivity index (χ3n) is 3.65. The van der Waals surface area contributed by atoms with Crippen molar-refractivity contribution in [2.24, 2.45) is 0 Å². The Bertz CT molecular complexity index is 935. The summed E-state index contributed by atoms with van der Waals surface area (Å²) in [5.41, 5.74) is 2.02. The summed E-state index contributed by atoms with van der Waals surface area (Å²) in [7, 11) is 0. The van der Waals surface area contributed by atoms with Crippen LogP contribution in [-0.2, 0) is 11.3 Å². The van der Waals surface area contributed by atoms with Crippen LogP contribution in [0, 0.1) is 0 Å². The minimum Gasteiger partial charge on any atom is -0.326 e. The van der Waals surface area contributed by atoms with Gasteiger partial charge in [-0.2, -0.15) is 5.10 Å². The van der Waals surface area contributed by atoms with Crippen LogP contribution in [0.25, 0.3) is 0 Å². The molecule has 0 saturated carbocycles. The number of anilines is 2. The first kappa shape index (κ1) is 17.7. The molecule has 6 nitrogen and oxygen atoms in total. The van der Waals surface area contributed by atoms with Gasteiger partial charge in [0.15, 0.2) is 0 Å². The standard InChI is InChI=1S/C19H17ClN4O2/c1-13(25)22-17-4-2-3-15(11-17)19(26)23-18-9-10-21-24(18)12-14-5-7-16(20)8-6-14/h2-11H,12H2,1H3,(H,22,25)(H,23,26). The zero-order valence-electron chi connectivity index (χ0n) is 14.1.